The monoisotopic (exact) mass is 275 g/mol. The molecule has 0 bridgehead atoms. The quantitative estimate of drug-likeness (QED) is 0.914. The Morgan fingerprint density at radius 1 is 1.15 bits per heavy atom. The lowest BCUT2D eigenvalue weighted by Crippen LogP contribution is -2.46. The van der Waals surface area contributed by atoms with E-state index in [4.69, 9.17) is 4.74 Å². The van der Waals surface area contributed by atoms with Crippen LogP contribution < -0.4 is 0 Å². The number of nitrogens with zero attached hydrogens (tertiary/aromatic N) is 1. The molecule has 3 rings (SSSR count). The summed E-state index contributed by atoms with van der Waals surface area (Å²) in [5.41, 5.74) is 2.95. The molecule has 0 aliphatic carbocycles. The Morgan fingerprint density at radius 3 is 2.40 bits per heavy atom. The second kappa shape index (κ2) is 6.25. The summed E-state index contributed by atoms with van der Waals surface area (Å²) < 4.78 is 5.62. The standard InChI is InChI=1S/C17H25NO2/c19-13-17(8-3-11-20-14-17)12-18-9-6-15-4-1-2-5-16(15)7-10-18/h1-2,4-5,19H,3,6-14H2. The van der Waals surface area contributed by atoms with Crippen LogP contribution in [0.3, 0.4) is 0 Å². The van der Waals surface area contributed by atoms with Gasteiger partial charge in [0.1, 0.15) is 0 Å². The number of benzene rings is 1. The molecule has 0 spiro atoms. The van der Waals surface area contributed by atoms with Crippen molar-refractivity contribution in [1.82, 2.24) is 4.90 Å². The summed E-state index contributed by atoms with van der Waals surface area (Å²) >= 11 is 0. The first kappa shape index (κ1) is 14.1. The number of hydrogen-bond acceptors (Lipinski definition) is 3. The van der Waals surface area contributed by atoms with Crippen LogP contribution in [0.25, 0.3) is 0 Å². The highest BCUT2D eigenvalue weighted by molar-refractivity contribution is 5.28. The van der Waals surface area contributed by atoms with E-state index in [2.05, 4.69) is 29.2 Å². The zero-order valence-electron chi connectivity index (χ0n) is 12.2. The summed E-state index contributed by atoms with van der Waals surface area (Å²) in [4.78, 5) is 2.52. The molecule has 0 radical (unpaired) electrons. The van der Waals surface area contributed by atoms with Crippen molar-refractivity contribution in [3.8, 4) is 0 Å². The van der Waals surface area contributed by atoms with E-state index in [9.17, 15) is 5.11 Å². The highest BCUT2D eigenvalue weighted by Gasteiger charge is 2.34. The largest absolute Gasteiger partial charge is 0.396 e. The van der Waals surface area contributed by atoms with Gasteiger partial charge in [-0.25, -0.2) is 0 Å². The van der Waals surface area contributed by atoms with E-state index in [1.54, 1.807) is 0 Å². The topological polar surface area (TPSA) is 32.7 Å². The van der Waals surface area contributed by atoms with E-state index in [1.165, 1.54) is 11.1 Å². The van der Waals surface area contributed by atoms with E-state index in [1.807, 2.05) is 0 Å². The van der Waals surface area contributed by atoms with Gasteiger partial charge in [-0.15, -0.1) is 0 Å². The molecule has 2 heterocycles. The number of hydrogen-bond donors (Lipinski definition) is 1. The number of fused-ring (bicyclic) bond motifs is 1. The van der Waals surface area contributed by atoms with Gasteiger partial charge in [-0.2, -0.15) is 0 Å². The summed E-state index contributed by atoms with van der Waals surface area (Å²) in [6.45, 7) is 4.98. The number of ether oxygens (including phenoxy) is 1. The number of aliphatic hydroxyl groups is 1. The molecule has 1 atom stereocenters. The molecule has 1 aromatic rings. The Kier molecular flexibility index (Phi) is 4.39. The summed E-state index contributed by atoms with van der Waals surface area (Å²) in [5, 5.41) is 9.81. The smallest absolute Gasteiger partial charge is 0.0556 e. The molecule has 1 fully saturated rings. The van der Waals surface area contributed by atoms with Crippen molar-refractivity contribution in [2.75, 3.05) is 39.5 Å². The molecule has 1 saturated heterocycles. The summed E-state index contributed by atoms with van der Waals surface area (Å²) in [6.07, 6.45) is 4.42. The van der Waals surface area contributed by atoms with Crippen LogP contribution in [0.1, 0.15) is 24.0 Å². The summed E-state index contributed by atoms with van der Waals surface area (Å²) in [7, 11) is 0. The maximum atomic E-state index is 9.81. The molecule has 2 aliphatic heterocycles. The molecule has 1 N–H and O–H groups in total. The molecule has 20 heavy (non-hydrogen) atoms. The van der Waals surface area contributed by atoms with Gasteiger partial charge < -0.3 is 14.7 Å². The van der Waals surface area contributed by atoms with Gasteiger partial charge in [0.15, 0.2) is 0 Å². The second-order valence-corrected chi connectivity index (χ2v) is 6.36. The molecule has 3 nitrogen and oxygen atoms in total. The average molecular weight is 275 g/mol. The zero-order chi connectivity index (χ0) is 13.8. The third kappa shape index (κ3) is 3.05. The first-order valence-corrected chi connectivity index (χ1v) is 7.79. The Bertz CT molecular complexity index is 413. The molecule has 0 aromatic heterocycles. The lowest BCUT2D eigenvalue weighted by molar-refractivity contribution is -0.0548. The minimum absolute atomic E-state index is 0.0330. The highest BCUT2D eigenvalue weighted by atomic mass is 16.5. The van der Waals surface area contributed by atoms with Crippen molar-refractivity contribution in [2.24, 2.45) is 5.41 Å². The van der Waals surface area contributed by atoms with Gasteiger partial charge in [0.2, 0.25) is 0 Å². The maximum absolute atomic E-state index is 9.81. The average Bonchev–Trinajstić information content (AvgIpc) is 2.71. The van der Waals surface area contributed by atoms with Crippen molar-refractivity contribution in [1.29, 1.82) is 0 Å². The van der Waals surface area contributed by atoms with Crippen LogP contribution in [-0.4, -0.2) is 49.5 Å². The second-order valence-electron chi connectivity index (χ2n) is 6.36. The third-order valence-corrected chi connectivity index (χ3v) is 4.81. The van der Waals surface area contributed by atoms with Crippen LogP contribution in [0.5, 0.6) is 0 Å². The Hall–Kier alpha value is -0.900. The minimum atomic E-state index is -0.0330. The predicted molar refractivity (Wildman–Crippen MR) is 79.9 cm³/mol. The van der Waals surface area contributed by atoms with E-state index in [-0.39, 0.29) is 12.0 Å². The van der Waals surface area contributed by atoms with Crippen LogP contribution in [0.15, 0.2) is 24.3 Å². The fourth-order valence-electron chi connectivity index (χ4n) is 3.56. The van der Waals surface area contributed by atoms with Gasteiger partial charge in [0.25, 0.3) is 0 Å². The molecular weight excluding hydrogens is 250 g/mol. The first-order chi connectivity index (χ1) is 9.81. The SMILES string of the molecule is OCC1(CN2CCc3ccccc3CC2)CCCOC1. The minimum Gasteiger partial charge on any atom is -0.396 e. The lowest BCUT2D eigenvalue weighted by Gasteiger charge is -2.39. The van der Waals surface area contributed by atoms with Crippen molar-refractivity contribution in [3.63, 3.8) is 0 Å². The van der Waals surface area contributed by atoms with Crippen LogP contribution >= 0.6 is 0 Å². The van der Waals surface area contributed by atoms with Gasteiger partial charge in [-0.3, -0.25) is 0 Å². The third-order valence-electron chi connectivity index (χ3n) is 4.81. The van der Waals surface area contributed by atoms with E-state index >= 15 is 0 Å². The lowest BCUT2D eigenvalue weighted by atomic mass is 9.82. The molecule has 0 amide bonds. The van der Waals surface area contributed by atoms with Gasteiger partial charge in [0.05, 0.1) is 13.2 Å². The van der Waals surface area contributed by atoms with Gasteiger partial charge in [0, 0.05) is 31.7 Å². The Balaban J connectivity index is 1.64. The Labute approximate surface area is 121 Å². The van der Waals surface area contributed by atoms with Gasteiger partial charge >= 0.3 is 0 Å². The van der Waals surface area contributed by atoms with Gasteiger partial charge in [-0.1, -0.05) is 24.3 Å². The van der Waals surface area contributed by atoms with Crippen LogP contribution in [0.2, 0.25) is 0 Å². The van der Waals surface area contributed by atoms with Crippen molar-refractivity contribution in [3.05, 3.63) is 35.4 Å². The molecule has 1 aromatic carbocycles. The van der Waals surface area contributed by atoms with Crippen molar-refractivity contribution in [2.45, 2.75) is 25.7 Å². The van der Waals surface area contributed by atoms with E-state index < -0.39 is 0 Å². The molecule has 0 saturated carbocycles. The highest BCUT2D eigenvalue weighted by Crippen LogP contribution is 2.30. The maximum Gasteiger partial charge on any atom is 0.0556 e. The fourth-order valence-corrected chi connectivity index (χ4v) is 3.56. The molecular formula is C17H25NO2. The summed E-state index contributed by atoms with van der Waals surface area (Å²) in [5.74, 6) is 0. The van der Waals surface area contributed by atoms with Crippen molar-refractivity contribution >= 4 is 0 Å². The number of rotatable bonds is 3. The van der Waals surface area contributed by atoms with Crippen LogP contribution in [0.4, 0.5) is 0 Å². The first-order valence-electron chi connectivity index (χ1n) is 7.79. The van der Waals surface area contributed by atoms with Crippen molar-refractivity contribution < 1.29 is 9.84 Å². The molecule has 2 aliphatic rings. The number of aliphatic hydroxyl groups excluding tert-OH is 1. The van der Waals surface area contributed by atoms with Crippen LogP contribution in [-0.2, 0) is 17.6 Å². The molecule has 110 valence electrons. The fraction of sp³-hybridized carbons (Fsp3) is 0.647. The molecule has 3 heteroatoms. The van der Waals surface area contributed by atoms with E-state index in [0.29, 0.717) is 6.61 Å². The summed E-state index contributed by atoms with van der Waals surface area (Å²) in [6, 6.07) is 8.78. The Morgan fingerprint density at radius 2 is 1.85 bits per heavy atom. The zero-order valence-corrected chi connectivity index (χ0v) is 12.2. The predicted octanol–water partition coefficient (Wildman–Crippen LogP) is 1.88. The van der Waals surface area contributed by atoms with E-state index in [0.717, 1.165) is 51.9 Å². The molecule has 1 unspecified atom stereocenters. The normalized spacial score (nSPS) is 27.9. The van der Waals surface area contributed by atoms with Gasteiger partial charge in [-0.05, 0) is 36.8 Å². The van der Waals surface area contributed by atoms with Crippen LogP contribution in [0, 0.1) is 5.41 Å².